The minimum atomic E-state index is -0.637. The van der Waals surface area contributed by atoms with E-state index in [1.807, 2.05) is 0 Å². The normalized spacial score (nSPS) is 21.9. The number of aliphatic hydroxyl groups is 2. The summed E-state index contributed by atoms with van der Waals surface area (Å²) in [6.45, 7) is 4.17. The first kappa shape index (κ1) is 24.9. The van der Waals surface area contributed by atoms with Gasteiger partial charge in [-0.15, -0.1) is 0 Å². The molecule has 9 nitrogen and oxygen atoms in total. The number of fused-ring (bicyclic) bond motifs is 2. The van der Waals surface area contributed by atoms with E-state index >= 15 is 0 Å². The number of aliphatic hydroxyl groups excluding tert-OH is 2. The largest absolute Gasteiger partial charge is 0.491 e. The van der Waals surface area contributed by atoms with Crippen LogP contribution in [0, 0.1) is 22.7 Å². The third-order valence-electron chi connectivity index (χ3n) is 6.02. The Hall–Kier alpha value is -3.18. The number of nitriles is 2. The van der Waals surface area contributed by atoms with Gasteiger partial charge in [-0.1, -0.05) is 0 Å². The number of hydrogen-bond donors (Lipinski definition) is 2. The van der Waals surface area contributed by atoms with Gasteiger partial charge in [-0.25, -0.2) is 0 Å². The molecule has 0 aromatic heterocycles. The molecule has 2 saturated heterocycles. The second kappa shape index (κ2) is 12.0. The Bertz CT molecular complexity index is 938. The van der Waals surface area contributed by atoms with Crippen LogP contribution < -0.4 is 9.47 Å². The van der Waals surface area contributed by atoms with Crippen LogP contribution in [-0.4, -0.2) is 96.9 Å². The fraction of sp³-hybridized carbons (Fsp3) is 0.462. The summed E-state index contributed by atoms with van der Waals surface area (Å²) in [6.07, 6.45) is -1.25. The molecule has 2 aliphatic heterocycles. The molecule has 2 aromatic rings. The second-order valence-corrected chi connectivity index (χ2v) is 9.02. The Morgan fingerprint density at radius 1 is 0.743 bits per heavy atom. The molecule has 2 N–H and O–H groups in total. The number of β-amino-alcohol motifs (C(OH)–C–C–N with tert-alkyl or cyclic N) is 2. The van der Waals surface area contributed by atoms with Crippen molar-refractivity contribution in [3.8, 4) is 23.6 Å². The molecule has 2 unspecified atom stereocenters. The van der Waals surface area contributed by atoms with E-state index in [1.165, 1.54) is 0 Å². The van der Waals surface area contributed by atoms with Gasteiger partial charge in [0.05, 0.1) is 35.5 Å². The van der Waals surface area contributed by atoms with Gasteiger partial charge in [-0.05, 0) is 48.5 Å². The molecular formula is C26H30N4O5. The van der Waals surface area contributed by atoms with Crippen molar-refractivity contribution in [2.45, 2.75) is 24.4 Å². The Labute approximate surface area is 205 Å². The van der Waals surface area contributed by atoms with Crippen LogP contribution in [0.2, 0.25) is 0 Å². The molecule has 2 fully saturated rings. The summed E-state index contributed by atoms with van der Waals surface area (Å²) in [5.41, 5.74) is 1.14. The van der Waals surface area contributed by atoms with Crippen LogP contribution in [0.4, 0.5) is 0 Å². The van der Waals surface area contributed by atoms with Gasteiger partial charge in [0.15, 0.2) is 0 Å². The highest BCUT2D eigenvalue weighted by Gasteiger charge is 2.36. The van der Waals surface area contributed by atoms with Gasteiger partial charge in [-0.3, -0.25) is 9.80 Å². The maximum atomic E-state index is 10.4. The van der Waals surface area contributed by atoms with E-state index in [2.05, 4.69) is 21.9 Å². The average Bonchev–Trinajstić information content (AvgIpc) is 2.86. The molecule has 4 rings (SSSR count). The van der Waals surface area contributed by atoms with Crippen LogP contribution >= 0.6 is 0 Å². The van der Waals surface area contributed by atoms with E-state index in [4.69, 9.17) is 24.7 Å². The Kier molecular flexibility index (Phi) is 8.54. The summed E-state index contributed by atoms with van der Waals surface area (Å²) >= 11 is 0. The lowest BCUT2D eigenvalue weighted by Gasteiger charge is -2.46. The molecule has 0 radical (unpaired) electrons. The minimum absolute atomic E-state index is 0.0146. The lowest BCUT2D eigenvalue weighted by molar-refractivity contribution is -0.147. The predicted molar refractivity (Wildman–Crippen MR) is 127 cm³/mol. The highest BCUT2D eigenvalue weighted by atomic mass is 16.5. The number of hydrogen-bond acceptors (Lipinski definition) is 9. The monoisotopic (exact) mass is 478 g/mol. The van der Waals surface area contributed by atoms with E-state index in [9.17, 15) is 10.2 Å². The highest BCUT2D eigenvalue weighted by Crippen LogP contribution is 2.20. The molecule has 2 bridgehead atoms. The third-order valence-corrected chi connectivity index (χ3v) is 6.02. The van der Waals surface area contributed by atoms with Crippen LogP contribution in [0.1, 0.15) is 11.1 Å². The second-order valence-electron chi connectivity index (χ2n) is 9.02. The van der Waals surface area contributed by atoms with E-state index in [1.54, 1.807) is 48.5 Å². The molecule has 4 atom stereocenters. The van der Waals surface area contributed by atoms with E-state index < -0.39 is 12.2 Å². The van der Waals surface area contributed by atoms with Crippen LogP contribution in [0.15, 0.2) is 48.5 Å². The van der Waals surface area contributed by atoms with Gasteiger partial charge in [-0.2, -0.15) is 10.5 Å². The maximum absolute atomic E-state index is 10.4. The summed E-state index contributed by atoms with van der Waals surface area (Å²) < 4.78 is 17.4. The fourth-order valence-corrected chi connectivity index (χ4v) is 4.50. The average molecular weight is 479 g/mol. The maximum Gasteiger partial charge on any atom is 0.119 e. The number of ether oxygens (including phenoxy) is 3. The summed E-state index contributed by atoms with van der Waals surface area (Å²) in [5, 5.41) is 38.6. The quantitative estimate of drug-likeness (QED) is 0.515. The van der Waals surface area contributed by atoms with Crippen molar-refractivity contribution in [3.63, 3.8) is 0 Å². The van der Waals surface area contributed by atoms with Crippen molar-refractivity contribution < 1.29 is 24.4 Å². The van der Waals surface area contributed by atoms with Crippen LogP contribution in [-0.2, 0) is 4.74 Å². The summed E-state index contributed by atoms with van der Waals surface area (Å²) in [6, 6.07) is 17.8. The van der Waals surface area contributed by atoms with E-state index in [0.29, 0.717) is 61.9 Å². The molecule has 2 aliphatic rings. The van der Waals surface area contributed by atoms with Gasteiger partial charge in [0, 0.05) is 39.3 Å². The van der Waals surface area contributed by atoms with Crippen LogP contribution in [0.3, 0.4) is 0 Å². The molecule has 0 spiro atoms. The van der Waals surface area contributed by atoms with Crippen LogP contribution in [0.5, 0.6) is 11.5 Å². The van der Waals surface area contributed by atoms with Gasteiger partial charge in [0.1, 0.15) is 36.9 Å². The fourth-order valence-electron chi connectivity index (χ4n) is 4.50. The SMILES string of the molecule is N#Cc1ccc(OC[C@@H](O)CN2CC3CN(C[C@@H](O)COc4ccc(C#N)cc4)CC(C2)O3)cc1. The molecule has 0 saturated carbocycles. The first-order valence-corrected chi connectivity index (χ1v) is 11.7. The molecule has 9 heteroatoms. The zero-order chi connectivity index (χ0) is 24.6. The van der Waals surface area contributed by atoms with Crippen molar-refractivity contribution in [1.29, 1.82) is 10.5 Å². The lowest BCUT2D eigenvalue weighted by Crippen LogP contribution is -2.61. The zero-order valence-corrected chi connectivity index (χ0v) is 19.5. The first-order valence-electron chi connectivity index (χ1n) is 11.7. The molecule has 184 valence electrons. The summed E-state index contributed by atoms with van der Waals surface area (Å²) in [7, 11) is 0. The lowest BCUT2D eigenvalue weighted by atomic mass is 10.1. The molecule has 2 heterocycles. The summed E-state index contributed by atoms with van der Waals surface area (Å²) in [4.78, 5) is 4.40. The van der Waals surface area contributed by atoms with Gasteiger partial charge >= 0.3 is 0 Å². The number of benzene rings is 2. The predicted octanol–water partition coefficient (Wildman–Crippen LogP) is 0.995. The first-order chi connectivity index (χ1) is 17.0. The topological polar surface area (TPSA) is 122 Å². The number of morpholine rings is 2. The van der Waals surface area contributed by atoms with Crippen molar-refractivity contribution in [2.24, 2.45) is 0 Å². The standard InChI is InChI=1S/C26H30N4O5/c27-9-19-1-5-23(6-2-19)33-17-21(31)11-29-13-25-15-30(16-26(14-29)35-25)12-22(32)18-34-24-7-3-20(10-28)4-8-24/h1-8,21-22,25-26,31-32H,11-18H2/t21-,22+,25?,26?. The van der Waals surface area contributed by atoms with Gasteiger partial charge in [0.2, 0.25) is 0 Å². The van der Waals surface area contributed by atoms with Crippen molar-refractivity contribution in [2.75, 3.05) is 52.5 Å². The van der Waals surface area contributed by atoms with Crippen molar-refractivity contribution in [3.05, 3.63) is 59.7 Å². The van der Waals surface area contributed by atoms with Gasteiger partial charge in [0.25, 0.3) is 0 Å². The minimum Gasteiger partial charge on any atom is -0.491 e. The zero-order valence-electron chi connectivity index (χ0n) is 19.5. The van der Waals surface area contributed by atoms with Gasteiger partial charge < -0.3 is 24.4 Å². The highest BCUT2D eigenvalue weighted by molar-refractivity contribution is 5.35. The van der Waals surface area contributed by atoms with Crippen LogP contribution in [0.25, 0.3) is 0 Å². The Balaban J connectivity index is 1.16. The molecule has 2 aromatic carbocycles. The molecule has 35 heavy (non-hydrogen) atoms. The van der Waals surface area contributed by atoms with E-state index in [-0.39, 0.29) is 25.4 Å². The van der Waals surface area contributed by atoms with Crippen molar-refractivity contribution in [1.82, 2.24) is 9.80 Å². The number of rotatable bonds is 10. The Morgan fingerprint density at radius 3 is 1.46 bits per heavy atom. The molecule has 0 amide bonds. The smallest absolute Gasteiger partial charge is 0.119 e. The third kappa shape index (κ3) is 7.40. The Morgan fingerprint density at radius 2 is 1.11 bits per heavy atom. The molecule has 0 aliphatic carbocycles. The van der Waals surface area contributed by atoms with Crippen molar-refractivity contribution >= 4 is 0 Å². The summed E-state index contributed by atoms with van der Waals surface area (Å²) in [5.74, 6) is 1.25. The number of nitrogens with zero attached hydrogens (tertiary/aromatic N) is 4. The molecular weight excluding hydrogens is 448 g/mol. The van der Waals surface area contributed by atoms with E-state index in [0.717, 1.165) is 0 Å².